The molecule has 1 atom stereocenters. The zero-order valence-electron chi connectivity index (χ0n) is 16.1. The Morgan fingerprint density at radius 2 is 2.19 bits per heavy atom. The molecule has 0 bridgehead atoms. The first kappa shape index (κ1) is 20.1. The van der Waals surface area contributed by atoms with Crippen LogP contribution in [0.15, 0.2) is 17.5 Å². The average Bonchev–Trinajstić information content (AvgIpc) is 3.31. The van der Waals surface area contributed by atoms with Crippen LogP contribution in [0.2, 0.25) is 0 Å². The van der Waals surface area contributed by atoms with Crippen LogP contribution >= 0.6 is 11.3 Å². The van der Waals surface area contributed by atoms with Crippen LogP contribution in [0, 0.1) is 13.8 Å². The van der Waals surface area contributed by atoms with Crippen LogP contribution in [0.1, 0.15) is 47.1 Å². The van der Waals surface area contributed by atoms with E-state index < -0.39 is 9.84 Å². The van der Waals surface area contributed by atoms with Crippen molar-refractivity contribution in [3.05, 3.63) is 39.3 Å². The minimum absolute atomic E-state index is 0.0887. The van der Waals surface area contributed by atoms with Crippen LogP contribution in [0.5, 0.6) is 0 Å². The van der Waals surface area contributed by atoms with Crippen LogP contribution < -0.4 is 0 Å². The summed E-state index contributed by atoms with van der Waals surface area (Å²) in [5, 5.41) is 6.64. The van der Waals surface area contributed by atoms with Crippen LogP contribution in [-0.2, 0) is 27.6 Å². The zero-order chi connectivity index (χ0) is 19.6. The summed E-state index contributed by atoms with van der Waals surface area (Å²) in [6, 6.07) is 4.05. The number of aryl methyl sites for hydroxylation is 2. The van der Waals surface area contributed by atoms with E-state index in [1.54, 1.807) is 16.2 Å². The number of carbonyl (C=O) groups excluding carboxylic acids is 1. The Bertz CT molecular complexity index is 901. The number of hydrogen-bond donors (Lipinski definition) is 0. The van der Waals surface area contributed by atoms with Gasteiger partial charge in [0.05, 0.1) is 23.2 Å². The molecule has 0 aromatic carbocycles. The highest BCUT2D eigenvalue weighted by atomic mass is 32.2. The second kappa shape index (κ2) is 8.14. The number of carbonyl (C=O) groups is 1. The maximum atomic E-state index is 12.5. The molecule has 0 N–H and O–H groups in total. The second-order valence-corrected chi connectivity index (χ2v) is 10.6. The Morgan fingerprint density at radius 3 is 2.81 bits per heavy atom. The van der Waals surface area contributed by atoms with Crippen molar-refractivity contribution in [2.45, 2.75) is 52.1 Å². The minimum Gasteiger partial charge on any atom is -0.341 e. The van der Waals surface area contributed by atoms with Gasteiger partial charge < -0.3 is 4.90 Å². The van der Waals surface area contributed by atoms with Crippen molar-refractivity contribution in [3.63, 3.8) is 0 Å². The lowest BCUT2D eigenvalue weighted by atomic mass is 10.1. The quantitative estimate of drug-likeness (QED) is 0.705. The Kier molecular flexibility index (Phi) is 6.05. The molecule has 8 heteroatoms. The highest BCUT2D eigenvalue weighted by Gasteiger charge is 2.31. The smallest absolute Gasteiger partial charge is 0.222 e. The SMILES string of the molecule is Cc1nn([C@@H]2CCS(=O)(=O)C2)c(C)c1CN(C)C(=O)CCCc1cccs1. The van der Waals surface area contributed by atoms with Gasteiger partial charge in [-0.15, -0.1) is 11.3 Å². The molecule has 0 unspecified atom stereocenters. The molecule has 1 aliphatic rings. The van der Waals surface area contributed by atoms with E-state index in [1.165, 1.54) is 4.88 Å². The van der Waals surface area contributed by atoms with E-state index >= 15 is 0 Å². The highest BCUT2D eigenvalue weighted by molar-refractivity contribution is 7.91. The molecule has 1 aliphatic heterocycles. The van der Waals surface area contributed by atoms with E-state index in [1.807, 2.05) is 31.6 Å². The number of sulfone groups is 1. The van der Waals surface area contributed by atoms with Gasteiger partial charge in [-0.2, -0.15) is 5.10 Å². The Hall–Kier alpha value is -1.67. The molecule has 1 saturated heterocycles. The number of thiophene rings is 1. The summed E-state index contributed by atoms with van der Waals surface area (Å²) in [7, 11) is -1.13. The normalized spacial score (nSPS) is 18.7. The predicted molar refractivity (Wildman–Crippen MR) is 108 cm³/mol. The summed E-state index contributed by atoms with van der Waals surface area (Å²) < 4.78 is 25.4. The minimum atomic E-state index is -2.95. The molecule has 0 saturated carbocycles. The molecule has 1 fully saturated rings. The molecule has 1 amide bonds. The Morgan fingerprint density at radius 1 is 1.41 bits per heavy atom. The van der Waals surface area contributed by atoms with Crippen LogP contribution in [0.3, 0.4) is 0 Å². The van der Waals surface area contributed by atoms with Crippen molar-refractivity contribution in [3.8, 4) is 0 Å². The molecule has 0 spiro atoms. The van der Waals surface area contributed by atoms with Gasteiger partial charge in [0, 0.05) is 36.1 Å². The number of nitrogens with zero attached hydrogens (tertiary/aromatic N) is 3. The Labute approximate surface area is 165 Å². The standard InChI is InChI=1S/C19H27N3O3S2/c1-14-18(15(2)22(20-14)16-9-11-27(24,25)13-16)12-21(3)19(23)8-4-6-17-7-5-10-26-17/h5,7,10,16H,4,6,8-9,11-13H2,1-3H3/t16-/m1/s1. The lowest BCUT2D eigenvalue weighted by Gasteiger charge is -2.18. The number of hydrogen-bond acceptors (Lipinski definition) is 5. The lowest BCUT2D eigenvalue weighted by molar-refractivity contribution is -0.130. The first-order valence-electron chi connectivity index (χ1n) is 9.28. The van der Waals surface area contributed by atoms with Crippen molar-refractivity contribution < 1.29 is 13.2 Å². The van der Waals surface area contributed by atoms with Gasteiger partial charge in [0.25, 0.3) is 0 Å². The van der Waals surface area contributed by atoms with E-state index in [2.05, 4.69) is 16.5 Å². The third-order valence-corrected chi connectivity index (χ3v) is 7.93. The van der Waals surface area contributed by atoms with Gasteiger partial charge in [0.2, 0.25) is 5.91 Å². The molecule has 3 rings (SSSR count). The topological polar surface area (TPSA) is 72.3 Å². The number of amides is 1. The van der Waals surface area contributed by atoms with Gasteiger partial charge in [0.15, 0.2) is 9.84 Å². The van der Waals surface area contributed by atoms with Crippen LogP contribution in [0.4, 0.5) is 0 Å². The monoisotopic (exact) mass is 409 g/mol. The third-order valence-electron chi connectivity index (χ3n) is 5.24. The molecule has 27 heavy (non-hydrogen) atoms. The van der Waals surface area contributed by atoms with Crippen molar-refractivity contribution >= 4 is 27.1 Å². The van der Waals surface area contributed by atoms with E-state index in [0.717, 1.165) is 29.8 Å². The highest BCUT2D eigenvalue weighted by Crippen LogP contribution is 2.27. The maximum Gasteiger partial charge on any atom is 0.222 e. The van der Waals surface area contributed by atoms with Crippen molar-refractivity contribution in [2.75, 3.05) is 18.6 Å². The number of rotatable bonds is 7. The van der Waals surface area contributed by atoms with E-state index in [9.17, 15) is 13.2 Å². The summed E-state index contributed by atoms with van der Waals surface area (Å²) in [6.45, 7) is 4.40. The van der Waals surface area contributed by atoms with Crippen molar-refractivity contribution in [1.29, 1.82) is 0 Å². The van der Waals surface area contributed by atoms with E-state index in [0.29, 0.717) is 19.4 Å². The van der Waals surface area contributed by atoms with E-state index in [-0.39, 0.29) is 23.5 Å². The zero-order valence-corrected chi connectivity index (χ0v) is 17.8. The van der Waals surface area contributed by atoms with Gasteiger partial charge in [-0.3, -0.25) is 9.48 Å². The molecular formula is C19H27N3O3S2. The summed E-state index contributed by atoms with van der Waals surface area (Å²) >= 11 is 1.73. The number of aromatic nitrogens is 2. The summed E-state index contributed by atoms with van der Waals surface area (Å²) in [4.78, 5) is 15.5. The molecular weight excluding hydrogens is 382 g/mol. The second-order valence-electron chi connectivity index (χ2n) is 7.33. The third kappa shape index (κ3) is 4.79. The summed E-state index contributed by atoms with van der Waals surface area (Å²) in [5.74, 6) is 0.515. The first-order chi connectivity index (χ1) is 12.8. The summed E-state index contributed by atoms with van der Waals surface area (Å²) in [5.41, 5.74) is 2.86. The molecule has 0 radical (unpaired) electrons. The largest absolute Gasteiger partial charge is 0.341 e. The average molecular weight is 410 g/mol. The van der Waals surface area contributed by atoms with Crippen LogP contribution in [0.25, 0.3) is 0 Å². The van der Waals surface area contributed by atoms with Gasteiger partial charge in [-0.25, -0.2) is 8.42 Å². The molecule has 6 nitrogen and oxygen atoms in total. The predicted octanol–water partition coefficient (Wildman–Crippen LogP) is 2.90. The van der Waals surface area contributed by atoms with Crippen LogP contribution in [-0.4, -0.2) is 47.6 Å². The van der Waals surface area contributed by atoms with Crippen molar-refractivity contribution in [2.24, 2.45) is 0 Å². The molecule has 148 valence electrons. The summed E-state index contributed by atoms with van der Waals surface area (Å²) in [6.07, 6.45) is 2.92. The molecule has 0 aliphatic carbocycles. The molecule has 2 aromatic heterocycles. The van der Waals surface area contributed by atoms with Gasteiger partial charge in [-0.1, -0.05) is 6.07 Å². The molecule has 3 heterocycles. The lowest BCUT2D eigenvalue weighted by Crippen LogP contribution is -2.26. The Balaban J connectivity index is 1.60. The van der Waals surface area contributed by atoms with Gasteiger partial charge in [0.1, 0.15) is 0 Å². The van der Waals surface area contributed by atoms with E-state index in [4.69, 9.17) is 0 Å². The molecule has 2 aromatic rings. The van der Waals surface area contributed by atoms with Gasteiger partial charge >= 0.3 is 0 Å². The first-order valence-corrected chi connectivity index (χ1v) is 12.0. The fourth-order valence-corrected chi connectivity index (χ4v) is 6.08. The fourth-order valence-electron chi connectivity index (χ4n) is 3.63. The maximum absolute atomic E-state index is 12.5. The van der Waals surface area contributed by atoms with Crippen molar-refractivity contribution in [1.82, 2.24) is 14.7 Å². The fraction of sp³-hybridized carbons (Fsp3) is 0.579. The van der Waals surface area contributed by atoms with Gasteiger partial charge in [-0.05, 0) is 44.6 Å².